The van der Waals surface area contributed by atoms with E-state index in [-0.39, 0.29) is 18.8 Å². The molecule has 3 aliphatic carbocycles. The molecular weight excluding hydrogens is 320 g/mol. The Morgan fingerprint density at radius 1 is 1.12 bits per heavy atom. The molecule has 0 radical (unpaired) electrons. The van der Waals surface area contributed by atoms with Gasteiger partial charge in [-0.25, -0.2) is 0 Å². The van der Waals surface area contributed by atoms with Crippen molar-refractivity contribution in [3.05, 3.63) is 64.7 Å². The van der Waals surface area contributed by atoms with Crippen molar-refractivity contribution < 1.29 is 24.9 Å². The third kappa shape index (κ3) is 2.00. The molecule has 0 saturated carbocycles. The summed E-state index contributed by atoms with van der Waals surface area (Å²) < 4.78 is 5.29. The fraction of sp³-hybridized carbons (Fsp3) is 0.350. The molecule has 0 heterocycles. The van der Waals surface area contributed by atoms with Gasteiger partial charge in [0.2, 0.25) is 0 Å². The van der Waals surface area contributed by atoms with E-state index in [0.717, 1.165) is 0 Å². The SMILES string of the molecule is CCCOC(=O)C1CC2(O)c3ccccc3C1(O)c1ccc(O)cc12. The van der Waals surface area contributed by atoms with Crippen LogP contribution in [0.15, 0.2) is 42.5 Å². The quantitative estimate of drug-likeness (QED) is 0.745. The van der Waals surface area contributed by atoms with Crippen LogP contribution in [0.1, 0.15) is 42.0 Å². The van der Waals surface area contributed by atoms with Gasteiger partial charge in [0.25, 0.3) is 0 Å². The lowest BCUT2D eigenvalue weighted by Gasteiger charge is -2.53. The number of phenols is 1. The van der Waals surface area contributed by atoms with Gasteiger partial charge in [0, 0.05) is 6.42 Å². The molecule has 25 heavy (non-hydrogen) atoms. The predicted molar refractivity (Wildman–Crippen MR) is 89.9 cm³/mol. The van der Waals surface area contributed by atoms with E-state index in [0.29, 0.717) is 28.7 Å². The van der Waals surface area contributed by atoms with Gasteiger partial charge in [-0.15, -0.1) is 0 Å². The van der Waals surface area contributed by atoms with E-state index in [1.165, 1.54) is 12.1 Å². The Morgan fingerprint density at radius 3 is 2.52 bits per heavy atom. The maximum absolute atomic E-state index is 12.6. The van der Waals surface area contributed by atoms with Gasteiger partial charge in [0.1, 0.15) is 17.0 Å². The summed E-state index contributed by atoms with van der Waals surface area (Å²) in [7, 11) is 0. The zero-order valence-corrected chi connectivity index (χ0v) is 13.9. The molecule has 2 aromatic rings. The van der Waals surface area contributed by atoms with E-state index in [1.54, 1.807) is 30.3 Å². The van der Waals surface area contributed by atoms with Crippen molar-refractivity contribution in [2.75, 3.05) is 6.61 Å². The topological polar surface area (TPSA) is 87.0 Å². The number of rotatable bonds is 3. The van der Waals surface area contributed by atoms with Gasteiger partial charge in [0.15, 0.2) is 0 Å². The van der Waals surface area contributed by atoms with Crippen LogP contribution in [-0.2, 0) is 20.7 Å². The van der Waals surface area contributed by atoms with Gasteiger partial charge < -0.3 is 20.1 Å². The van der Waals surface area contributed by atoms with Crippen molar-refractivity contribution >= 4 is 5.97 Å². The second-order valence-corrected chi connectivity index (χ2v) is 6.83. The van der Waals surface area contributed by atoms with Crippen LogP contribution in [0.2, 0.25) is 0 Å². The molecular formula is C20H20O5. The first-order chi connectivity index (χ1) is 11.9. The number of aliphatic hydroxyl groups is 2. The molecule has 3 atom stereocenters. The first-order valence-corrected chi connectivity index (χ1v) is 8.48. The largest absolute Gasteiger partial charge is 0.508 e. The molecule has 3 unspecified atom stereocenters. The minimum absolute atomic E-state index is 0.00548. The number of ether oxygens (including phenoxy) is 1. The van der Waals surface area contributed by atoms with Gasteiger partial charge in [-0.05, 0) is 40.8 Å². The first kappa shape index (κ1) is 16.1. The summed E-state index contributed by atoms with van der Waals surface area (Å²) in [6.45, 7) is 2.17. The molecule has 0 amide bonds. The fourth-order valence-corrected chi connectivity index (χ4v) is 4.27. The highest BCUT2D eigenvalue weighted by Crippen LogP contribution is 2.60. The Hall–Kier alpha value is -2.37. The number of benzene rings is 2. The van der Waals surface area contributed by atoms with Crippen LogP contribution >= 0.6 is 0 Å². The molecule has 5 rings (SSSR count). The number of phenolic OH excluding ortho intramolecular Hbond substituents is 1. The summed E-state index contributed by atoms with van der Waals surface area (Å²) in [5.41, 5.74) is -1.08. The minimum Gasteiger partial charge on any atom is -0.508 e. The van der Waals surface area contributed by atoms with Gasteiger partial charge in [-0.3, -0.25) is 4.79 Å². The molecule has 0 fully saturated rings. The number of esters is 1. The van der Waals surface area contributed by atoms with Crippen LogP contribution in [-0.4, -0.2) is 27.9 Å². The van der Waals surface area contributed by atoms with Crippen LogP contribution in [0.3, 0.4) is 0 Å². The van der Waals surface area contributed by atoms with Gasteiger partial charge >= 0.3 is 5.97 Å². The van der Waals surface area contributed by atoms with Crippen molar-refractivity contribution in [1.82, 2.24) is 0 Å². The molecule has 5 heteroatoms. The number of hydrogen-bond donors (Lipinski definition) is 3. The van der Waals surface area contributed by atoms with Crippen LogP contribution in [0.5, 0.6) is 5.75 Å². The summed E-state index contributed by atoms with van der Waals surface area (Å²) in [5, 5.41) is 33.0. The molecule has 3 N–H and O–H groups in total. The summed E-state index contributed by atoms with van der Waals surface area (Å²) in [6.07, 6.45) is 0.696. The van der Waals surface area contributed by atoms with E-state index in [9.17, 15) is 20.1 Å². The molecule has 0 saturated heterocycles. The monoisotopic (exact) mass is 340 g/mol. The summed E-state index contributed by atoms with van der Waals surface area (Å²) in [5.74, 6) is -1.42. The molecule has 130 valence electrons. The van der Waals surface area contributed by atoms with Gasteiger partial charge in [-0.1, -0.05) is 37.3 Å². The van der Waals surface area contributed by atoms with Crippen LogP contribution in [0.4, 0.5) is 0 Å². The van der Waals surface area contributed by atoms with E-state index >= 15 is 0 Å². The van der Waals surface area contributed by atoms with Crippen molar-refractivity contribution in [2.45, 2.75) is 31.0 Å². The number of fused-ring (bicyclic) bond motifs is 1. The zero-order valence-electron chi connectivity index (χ0n) is 13.9. The van der Waals surface area contributed by atoms with Crippen LogP contribution < -0.4 is 0 Å². The van der Waals surface area contributed by atoms with Crippen molar-refractivity contribution in [2.24, 2.45) is 5.92 Å². The Labute approximate surface area is 145 Å². The maximum Gasteiger partial charge on any atom is 0.312 e. The zero-order chi connectivity index (χ0) is 17.8. The molecule has 3 aliphatic rings. The normalized spacial score (nSPS) is 29.0. The number of carbonyl (C=O) groups excluding carboxylic acids is 1. The maximum atomic E-state index is 12.6. The standard InChI is InChI=1S/C20H20O5/c1-2-9-25-18(22)17-11-19(23)13-5-3-4-6-14(13)20(17,24)15-8-7-12(21)10-16(15)19/h3-8,10,17,21,23-24H,2,9,11H2,1H3. The second kappa shape index (κ2) is 5.31. The Morgan fingerprint density at radius 2 is 1.80 bits per heavy atom. The minimum atomic E-state index is -1.59. The highest BCUT2D eigenvalue weighted by atomic mass is 16.5. The van der Waals surface area contributed by atoms with E-state index in [2.05, 4.69) is 0 Å². The predicted octanol–water partition coefficient (Wildman–Crippen LogP) is 2.15. The Bertz CT molecular complexity index is 861. The number of aromatic hydroxyl groups is 1. The molecule has 2 bridgehead atoms. The number of hydrogen-bond acceptors (Lipinski definition) is 5. The van der Waals surface area contributed by atoms with E-state index < -0.39 is 23.1 Å². The fourth-order valence-electron chi connectivity index (χ4n) is 4.27. The molecule has 2 aromatic carbocycles. The average Bonchev–Trinajstić information content (AvgIpc) is 2.62. The van der Waals surface area contributed by atoms with Gasteiger partial charge in [-0.2, -0.15) is 0 Å². The van der Waals surface area contributed by atoms with Crippen molar-refractivity contribution in [3.8, 4) is 5.75 Å². The summed E-state index contributed by atoms with van der Waals surface area (Å²) in [6, 6.07) is 11.5. The average molecular weight is 340 g/mol. The third-order valence-electron chi connectivity index (χ3n) is 5.38. The molecule has 0 aliphatic heterocycles. The van der Waals surface area contributed by atoms with Gasteiger partial charge in [0.05, 0.1) is 12.5 Å². The molecule has 5 nitrogen and oxygen atoms in total. The molecule has 0 spiro atoms. The Kier molecular flexibility index (Phi) is 3.42. The van der Waals surface area contributed by atoms with Crippen molar-refractivity contribution in [3.63, 3.8) is 0 Å². The lowest BCUT2D eigenvalue weighted by molar-refractivity contribution is -0.166. The lowest BCUT2D eigenvalue weighted by atomic mass is 9.54. The lowest BCUT2D eigenvalue weighted by Crippen LogP contribution is -2.57. The van der Waals surface area contributed by atoms with Crippen LogP contribution in [0, 0.1) is 5.92 Å². The smallest absolute Gasteiger partial charge is 0.312 e. The summed E-state index contributed by atoms with van der Waals surface area (Å²) in [4.78, 5) is 12.6. The highest BCUT2D eigenvalue weighted by Gasteiger charge is 2.62. The van der Waals surface area contributed by atoms with Crippen molar-refractivity contribution in [1.29, 1.82) is 0 Å². The van der Waals surface area contributed by atoms with E-state index in [4.69, 9.17) is 4.74 Å². The van der Waals surface area contributed by atoms with Crippen LogP contribution in [0.25, 0.3) is 0 Å². The number of carbonyl (C=O) groups is 1. The third-order valence-corrected chi connectivity index (χ3v) is 5.38. The molecule has 0 aromatic heterocycles. The van der Waals surface area contributed by atoms with E-state index in [1.807, 2.05) is 6.92 Å². The highest BCUT2D eigenvalue weighted by molar-refractivity contribution is 5.79. The summed E-state index contributed by atoms with van der Waals surface area (Å²) >= 11 is 0. The first-order valence-electron chi connectivity index (χ1n) is 8.48. The second-order valence-electron chi connectivity index (χ2n) is 6.83. The Balaban J connectivity index is 1.96.